The Hall–Kier alpha value is -2.28. The third kappa shape index (κ3) is 11.9. The fourth-order valence-electron chi connectivity index (χ4n) is 2.21. The Morgan fingerprint density at radius 3 is 2.30 bits per heavy atom. The fourth-order valence-corrected chi connectivity index (χ4v) is 2.21. The van der Waals surface area contributed by atoms with Crippen LogP contribution in [0.15, 0.2) is 30.3 Å². The van der Waals surface area contributed by atoms with Gasteiger partial charge in [0.25, 0.3) is 0 Å². The van der Waals surface area contributed by atoms with Gasteiger partial charge >= 0.3 is 12.2 Å². The molecule has 0 spiro atoms. The molecular formula is C20H32N2O5. The van der Waals surface area contributed by atoms with Crippen molar-refractivity contribution in [1.29, 1.82) is 0 Å². The van der Waals surface area contributed by atoms with Crippen molar-refractivity contribution in [1.82, 2.24) is 10.6 Å². The molecule has 0 aliphatic carbocycles. The highest BCUT2D eigenvalue weighted by molar-refractivity contribution is 5.67. The average Bonchev–Trinajstić information content (AvgIpc) is 2.56. The van der Waals surface area contributed by atoms with Crippen molar-refractivity contribution in [2.45, 2.75) is 65.4 Å². The van der Waals surface area contributed by atoms with Gasteiger partial charge in [0, 0.05) is 13.1 Å². The average molecular weight is 380 g/mol. The summed E-state index contributed by atoms with van der Waals surface area (Å²) in [4.78, 5) is 23.5. The number of nitrogens with one attached hydrogen (secondary N) is 2. The van der Waals surface area contributed by atoms with E-state index in [1.807, 2.05) is 44.2 Å². The van der Waals surface area contributed by atoms with Crippen LogP contribution in [0.3, 0.4) is 0 Å². The lowest BCUT2D eigenvalue weighted by molar-refractivity contribution is -0.0312. The van der Waals surface area contributed by atoms with Gasteiger partial charge in [-0.2, -0.15) is 0 Å². The predicted molar refractivity (Wildman–Crippen MR) is 103 cm³/mol. The van der Waals surface area contributed by atoms with Crippen molar-refractivity contribution in [3.8, 4) is 0 Å². The lowest BCUT2D eigenvalue weighted by Crippen LogP contribution is -2.36. The van der Waals surface area contributed by atoms with Crippen molar-refractivity contribution in [2.75, 3.05) is 13.2 Å². The second-order valence-electron chi connectivity index (χ2n) is 7.46. The van der Waals surface area contributed by atoms with E-state index >= 15 is 0 Å². The normalized spacial score (nSPS) is 12.4. The number of hydrogen-bond acceptors (Lipinski definition) is 5. The van der Waals surface area contributed by atoms with Gasteiger partial charge in [-0.15, -0.1) is 0 Å². The van der Waals surface area contributed by atoms with E-state index in [0.29, 0.717) is 19.5 Å². The first-order valence-corrected chi connectivity index (χ1v) is 9.22. The topological polar surface area (TPSA) is 85.9 Å². The molecule has 2 amide bonds. The summed E-state index contributed by atoms with van der Waals surface area (Å²) in [5.74, 6) is 0. The summed E-state index contributed by atoms with van der Waals surface area (Å²) in [5, 5.41) is 5.38. The van der Waals surface area contributed by atoms with Crippen LogP contribution in [0.2, 0.25) is 0 Å². The second-order valence-corrected chi connectivity index (χ2v) is 7.46. The minimum absolute atomic E-state index is 0.0208. The van der Waals surface area contributed by atoms with Crippen molar-refractivity contribution in [3.63, 3.8) is 0 Å². The van der Waals surface area contributed by atoms with Crippen LogP contribution in [-0.4, -0.2) is 43.1 Å². The van der Waals surface area contributed by atoms with Gasteiger partial charge in [-0.25, -0.2) is 9.59 Å². The van der Waals surface area contributed by atoms with Crippen molar-refractivity contribution in [2.24, 2.45) is 0 Å². The Labute approximate surface area is 161 Å². The number of amides is 2. The summed E-state index contributed by atoms with van der Waals surface area (Å²) in [7, 11) is 0. The van der Waals surface area contributed by atoms with Gasteiger partial charge in [0.05, 0.1) is 12.2 Å². The minimum Gasteiger partial charge on any atom is -0.447 e. The Kier molecular flexibility index (Phi) is 9.64. The van der Waals surface area contributed by atoms with E-state index < -0.39 is 17.8 Å². The highest BCUT2D eigenvalue weighted by Gasteiger charge is 2.18. The third-order valence-electron chi connectivity index (χ3n) is 3.28. The van der Waals surface area contributed by atoms with Crippen LogP contribution in [0.4, 0.5) is 9.59 Å². The Morgan fingerprint density at radius 1 is 1.04 bits per heavy atom. The molecule has 0 aliphatic heterocycles. The van der Waals surface area contributed by atoms with Gasteiger partial charge < -0.3 is 24.8 Å². The Balaban J connectivity index is 2.34. The van der Waals surface area contributed by atoms with Crippen LogP contribution in [0.1, 0.15) is 46.6 Å². The summed E-state index contributed by atoms with van der Waals surface area (Å²) in [6, 6.07) is 9.58. The van der Waals surface area contributed by atoms with E-state index in [1.54, 1.807) is 20.8 Å². The number of hydrogen-bond donors (Lipinski definition) is 2. The van der Waals surface area contributed by atoms with E-state index in [2.05, 4.69) is 10.6 Å². The lowest BCUT2D eigenvalue weighted by atomic mass is 10.2. The van der Waals surface area contributed by atoms with Crippen LogP contribution in [0, 0.1) is 0 Å². The summed E-state index contributed by atoms with van der Waals surface area (Å²) in [6.45, 7) is 10.1. The van der Waals surface area contributed by atoms with E-state index in [1.165, 1.54) is 0 Å². The summed E-state index contributed by atoms with van der Waals surface area (Å²) in [5.41, 5.74) is 0.448. The molecule has 0 radical (unpaired) electrons. The zero-order valence-corrected chi connectivity index (χ0v) is 16.9. The minimum atomic E-state index is -0.544. The van der Waals surface area contributed by atoms with Crippen molar-refractivity contribution in [3.05, 3.63) is 35.9 Å². The smallest absolute Gasteiger partial charge is 0.407 e. The van der Waals surface area contributed by atoms with E-state index in [4.69, 9.17) is 14.2 Å². The predicted octanol–water partition coefficient (Wildman–Crippen LogP) is 3.62. The van der Waals surface area contributed by atoms with Crippen LogP contribution in [0.25, 0.3) is 0 Å². The first-order valence-electron chi connectivity index (χ1n) is 9.22. The molecule has 152 valence electrons. The van der Waals surface area contributed by atoms with E-state index in [-0.39, 0.29) is 18.8 Å². The molecule has 0 saturated carbocycles. The molecule has 1 atom stereocenters. The highest BCUT2D eigenvalue weighted by Crippen LogP contribution is 2.07. The zero-order valence-electron chi connectivity index (χ0n) is 16.9. The van der Waals surface area contributed by atoms with Crippen LogP contribution in [0.5, 0.6) is 0 Å². The third-order valence-corrected chi connectivity index (χ3v) is 3.28. The summed E-state index contributed by atoms with van der Waals surface area (Å²) in [6.07, 6.45) is -0.817. The maximum absolute atomic E-state index is 11.9. The van der Waals surface area contributed by atoms with Gasteiger partial charge in [-0.05, 0) is 46.6 Å². The van der Waals surface area contributed by atoms with Crippen molar-refractivity contribution < 1.29 is 23.8 Å². The molecule has 1 aromatic rings. The maximum Gasteiger partial charge on any atom is 0.407 e. The lowest BCUT2D eigenvalue weighted by Gasteiger charge is -2.22. The summed E-state index contributed by atoms with van der Waals surface area (Å²) < 4.78 is 16.2. The molecule has 1 rings (SSSR count). The van der Waals surface area contributed by atoms with E-state index in [9.17, 15) is 9.59 Å². The van der Waals surface area contributed by atoms with E-state index in [0.717, 1.165) is 5.56 Å². The molecule has 0 fully saturated rings. The number of carbonyl (C=O) groups excluding carboxylic acids is 2. The monoisotopic (exact) mass is 380 g/mol. The van der Waals surface area contributed by atoms with Gasteiger partial charge in [0.2, 0.25) is 0 Å². The number of rotatable bonds is 9. The fraction of sp³-hybridized carbons (Fsp3) is 0.600. The van der Waals surface area contributed by atoms with Gasteiger partial charge in [-0.1, -0.05) is 30.3 Å². The molecule has 1 unspecified atom stereocenters. The molecule has 7 nitrogen and oxygen atoms in total. The molecule has 0 bridgehead atoms. The van der Waals surface area contributed by atoms with Crippen LogP contribution >= 0.6 is 0 Å². The number of carbonyl (C=O) groups is 2. The van der Waals surface area contributed by atoms with Crippen LogP contribution < -0.4 is 10.6 Å². The molecular weight excluding hydrogens is 348 g/mol. The Bertz CT molecular complexity index is 569. The summed E-state index contributed by atoms with van der Waals surface area (Å²) >= 11 is 0. The maximum atomic E-state index is 11.9. The standard InChI is InChI=1S/C20H32N2O5/c1-15(2)26-17(11-12-21-19(24)27-20(3,4)5)14-25-18(23)22-13-16-9-7-6-8-10-16/h6-10,15,17H,11-14H2,1-5H3,(H,21,24)(H,22,23). The zero-order chi connectivity index (χ0) is 20.3. The molecule has 1 aromatic carbocycles. The molecule has 0 aliphatic rings. The number of ether oxygens (including phenoxy) is 3. The molecule has 7 heteroatoms. The quantitative estimate of drug-likeness (QED) is 0.683. The van der Waals surface area contributed by atoms with Gasteiger partial charge in [0.1, 0.15) is 12.2 Å². The first-order chi connectivity index (χ1) is 12.7. The molecule has 0 heterocycles. The van der Waals surface area contributed by atoms with Gasteiger partial charge in [-0.3, -0.25) is 0 Å². The molecule has 0 saturated heterocycles. The number of alkyl carbamates (subject to hydrolysis) is 2. The molecule has 0 aromatic heterocycles. The molecule has 27 heavy (non-hydrogen) atoms. The first kappa shape index (κ1) is 22.8. The van der Waals surface area contributed by atoms with Crippen molar-refractivity contribution >= 4 is 12.2 Å². The highest BCUT2D eigenvalue weighted by atomic mass is 16.6. The largest absolute Gasteiger partial charge is 0.447 e. The molecule has 2 N–H and O–H groups in total. The second kappa shape index (κ2) is 11.4. The van der Waals surface area contributed by atoms with Gasteiger partial charge in [0.15, 0.2) is 0 Å². The SMILES string of the molecule is CC(C)OC(CCNC(=O)OC(C)(C)C)COC(=O)NCc1ccccc1. The van der Waals surface area contributed by atoms with Crippen LogP contribution in [-0.2, 0) is 20.8 Å². The Morgan fingerprint density at radius 2 is 1.70 bits per heavy atom. The number of benzene rings is 1.